The first kappa shape index (κ1) is 11.7. The molecule has 2 aliphatic heterocycles. The third-order valence-corrected chi connectivity index (χ3v) is 4.18. The summed E-state index contributed by atoms with van der Waals surface area (Å²) in [4.78, 5) is 14.8. The molecule has 18 heavy (non-hydrogen) atoms. The number of amides is 1. The number of piperidine rings is 1. The van der Waals surface area contributed by atoms with Gasteiger partial charge in [0, 0.05) is 19.6 Å². The first-order valence-corrected chi connectivity index (χ1v) is 6.91. The van der Waals surface area contributed by atoms with Gasteiger partial charge in [-0.2, -0.15) is 0 Å². The number of fused-ring (bicyclic) bond motifs is 2. The van der Waals surface area contributed by atoms with Crippen molar-refractivity contribution >= 4 is 5.91 Å². The van der Waals surface area contributed by atoms with E-state index in [2.05, 4.69) is 30.4 Å². The molecule has 3 heteroatoms. The van der Waals surface area contributed by atoms with Crippen LogP contribution in [0.2, 0.25) is 0 Å². The fraction of sp³-hybridized carbons (Fsp3) is 0.533. The summed E-state index contributed by atoms with van der Waals surface area (Å²) in [6.45, 7) is 4.75. The highest BCUT2D eigenvalue weighted by Gasteiger charge is 2.48. The van der Waals surface area contributed by atoms with Gasteiger partial charge in [-0.15, -0.1) is 0 Å². The molecular weight excluding hydrogens is 224 g/mol. The van der Waals surface area contributed by atoms with E-state index in [-0.39, 0.29) is 5.91 Å². The number of carbonyl (C=O) groups is 1. The lowest BCUT2D eigenvalue weighted by Crippen LogP contribution is -2.56. The van der Waals surface area contributed by atoms with Gasteiger partial charge in [-0.3, -0.25) is 10.1 Å². The van der Waals surface area contributed by atoms with Crippen LogP contribution in [0.1, 0.15) is 37.3 Å². The normalized spacial score (nSPS) is 26.7. The number of rotatable bonds is 2. The van der Waals surface area contributed by atoms with Gasteiger partial charge in [-0.25, -0.2) is 0 Å². The lowest BCUT2D eigenvalue weighted by molar-refractivity contribution is -0.142. The minimum absolute atomic E-state index is 0.278. The summed E-state index contributed by atoms with van der Waals surface area (Å²) < 4.78 is 0. The molecule has 1 aromatic rings. The van der Waals surface area contributed by atoms with Crippen LogP contribution in [0.5, 0.6) is 0 Å². The van der Waals surface area contributed by atoms with Gasteiger partial charge in [-0.05, 0) is 30.4 Å². The van der Waals surface area contributed by atoms with Crippen LogP contribution >= 0.6 is 0 Å². The molecule has 2 aliphatic rings. The number of carbonyl (C=O) groups excluding carboxylic acids is 1. The fourth-order valence-electron chi connectivity index (χ4n) is 3.34. The maximum atomic E-state index is 12.8. The summed E-state index contributed by atoms with van der Waals surface area (Å²) in [6, 6.07) is 8.34. The van der Waals surface area contributed by atoms with E-state index in [1.807, 2.05) is 11.0 Å². The Labute approximate surface area is 108 Å². The molecule has 0 radical (unpaired) electrons. The maximum absolute atomic E-state index is 12.8. The molecule has 2 heterocycles. The van der Waals surface area contributed by atoms with Crippen LogP contribution in [0.15, 0.2) is 24.3 Å². The van der Waals surface area contributed by atoms with Crippen LogP contribution in [0.25, 0.3) is 0 Å². The van der Waals surface area contributed by atoms with Gasteiger partial charge in [0.25, 0.3) is 0 Å². The van der Waals surface area contributed by atoms with Gasteiger partial charge in [0.15, 0.2) is 0 Å². The molecule has 0 saturated carbocycles. The van der Waals surface area contributed by atoms with E-state index in [4.69, 9.17) is 0 Å². The van der Waals surface area contributed by atoms with E-state index in [1.165, 1.54) is 11.1 Å². The van der Waals surface area contributed by atoms with Gasteiger partial charge >= 0.3 is 0 Å². The Morgan fingerprint density at radius 3 is 3.06 bits per heavy atom. The maximum Gasteiger partial charge on any atom is 0.247 e. The van der Waals surface area contributed by atoms with Crippen molar-refractivity contribution in [2.24, 2.45) is 0 Å². The Bertz CT molecular complexity index is 465. The summed E-state index contributed by atoms with van der Waals surface area (Å²) in [5.74, 6) is 0.278. The number of benzene rings is 1. The van der Waals surface area contributed by atoms with Crippen molar-refractivity contribution in [1.82, 2.24) is 10.2 Å². The highest BCUT2D eigenvalue weighted by atomic mass is 16.2. The second-order valence-electron chi connectivity index (χ2n) is 5.31. The summed E-state index contributed by atoms with van der Waals surface area (Å²) in [6.07, 6.45) is 3.06. The third-order valence-electron chi connectivity index (χ3n) is 4.18. The Balaban J connectivity index is 1.98. The number of likely N-dealkylation sites (tertiary alicyclic amines) is 1. The Kier molecular flexibility index (Phi) is 2.86. The van der Waals surface area contributed by atoms with Crippen molar-refractivity contribution in [1.29, 1.82) is 0 Å². The zero-order valence-electron chi connectivity index (χ0n) is 10.9. The van der Waals surface area contributed by atoms with Gasteiger partial charge in [-0.1, -0.05) is 31.2 Å². The average Bonchev–Trinajstić information content (AvgIpc) is 2.76. The van der Waals surface area contributed by atoms with Crippen molar-refractivity contribution < 1.29 is 4.79 Å². The first-order chi connectivity index (χ1) is 8.78. The zero-order valence-corrected chi connectivity index (χ0v) is 10.9. The topological polar surface area (TPSA) is 32.3 Å². The predicted molar refractivity (Wildman–Crippen MR) is 71.1 cm³/mol. The van der Waals surface area contributed by atoms with Crippen molar-refractivity contribution in [2.75, 3.05) is 13.1 Å². The summed E-state index contributed by atoms with van der Waals surface area (Å²) in [5.41, 5.74) is 2.06. The number of nitrogens with zero attached hydrogens (tertiary/aromatic N) is 1. The second-order valence-corrected chi connectivity index (χ2v) is 5.31. The largest absolute Gasteiger partial charge is 0.341 e. The zero-order chi connectivity index (χ0) is 12.6. The summed E-state index contributed by atoms with van der Waals surface area (Å²) in [5, 5.41) is 3.48. The summed E-state index contributed by atoms with van der Waals surface area (Å²) >= 11 is 0. The molecule has 1 unspecified atom stereocenters. The average molecular weight is 244 g/mol. The van der Waals surface area contributed by atoms with Crippen LogP contribution in [0.3, 0.4) is 0 Å². The fourth-order valence-corrected chi connectivity index (χ4v) is 3.34. The molecule has 1 fully saturated rings. The van der Waals surface area contributed by atoms with E-state index in [9.17, 15) is 4.79 Å². The highest BCUT2D eigenvalue weighted by molar-refractivity contribution is 5.89. The highest BCUT2D eigenvalue weighted by Crippen LogP contribution is 2.39. The molecule has 1 atom stereocenters. The predicted octanol–water partition coefficient (Wildman–Crippen LogP) is 2.02. The molecule has 3 rings (SSSR count). The molecule has 0 aliphatic carbocycles. The lowest BCUT2D eigenvalue weighted by Gasteiger charge is -2.40. The standard InChI is InChI=1S/C15H20N2O/c1-2-9-17-10-5-8-15(14(17)18)13-7-4-3-6-12(13)11-16-15/h3-4,6-7,16H,2,5,8-11H2,1H3. The first-order valence-electron chi connectivity index (χ1n) is 6.91. The lowest BCUT2D eigenvalue weighted by atomic mass is 9.82. The van der Waals surface area contributed by atoms with Crippen molar-refractivity contribution in [2.45, 2.75) is 38.3 Å². The molecule has 3 nitrogen and oxygen atoms in total. The van der Waals surface area contributed by atoms with Crippen molar-refractivity contribution in [3.05, 3.63) is 35.4 Å². The van der Waals surface area contributed by atoms with E-state index in [0.717, 1.165) is 38.9 Å². The molecule has 1 amide bonds. The Morgan fingerprint density at radius 1 is 1.39 bits per heavy atom. The van der Waals surface area contributed by atoms with Gasteiger partial charge in [0.1, 0.15) is 5.54 Å². The van der Waals surface area contributed by atoms with Gasteiger partial charge < -0.3 is 4.90 Å². The van der Waals surface area contributed by atoms with Crippen LogP contribution in [0.4, 0.5) is 0 Å². The molecule has 0 bridgehead atoms. The summed E-state index contributed by atoms with van der Waals surface area (Å²) in [7, 11) is 0. The van der Waals surface area contributed by atoms with E-state index in [1.54, 1.807) is 0 Å². The number of nitrogens with one attached hydrogen (secondary N) is 1. The molecule has 96 valence electrons. The molecular formula is C15H20N2O. The minimum atomic E-state index is -0.427. The number of hydrogen-bond acceptors (Lipinski definition) is 2. The van der Waals surface area contributed by atoms with E-state index < -0.39 is 5.54 Å². The second kappa shape index (κ2) is 4.39. The van der Waals surface area contributed by atoms with Crippen molar-refractivity contribution in [3.63, 3.8) is 0 Å². The van der Waals surface area contributed by atoms with Gasteiger partial charge in [0.05, 0.1) is 0 Å². The molecule has 1 aromatic carbocycles. The SMILES string of the molecule is CCCN1CCCC2(NCc3ccccc32)C1=O. The monoisotopic (exact) mass is 244 g/mol. The molecule has 1 N–H and O–H groups in total. The molecule has 1 saturated heterocycles. The quantitative estimate of drug-likeness (QED) is 0.863. The number of hydrogen-bond donors (Lipinski definition) is 1. The molecule has 1 spiro atoms. The smallest absolute Gasteiger partial charge is 0.247 e. The van der Waals surface area contributed by atoms with Crippen molar-refractivity contribution in [3.8, 4) is 0 Å². The Morgan fingerprint density at radius 2 is 2.22 bits per heavy atom. The van der Waals surface area contributed by atoms with E-state index in [0.29, 0.717) is 0 Å². The molecule has 0 aromatic heterocycles. The van der Waals surface area contributed by atoms with E-state index >= 15 is 0 Å². The minimum Gasteiger partial charge on any atom is -0.341 e. The van der Waals surface area contributed by atoms with Crippen LogP contribution in [-0.4, -0.2) is 23.9 Å². The third kappa shape index (κ3) is 1.57. The van der Waals surface area contributed by atoms with Crippen LogP contribution in [0, 0.1) is 0 Å². The van der Waals surface area contributed by atoms with Crippen LogP contribution in [-0.2, 0) is 16.9 Å². The Hall–Kier alpha value is -1.35. The van der Waals surface area contributed by atoms with Crippen LogP contribution < -0.4 is 5.32 Å². The van der Waals surface area contributed by atoms with Gasteiger partial charge in [0.2, 0.25) is 5.91 Å².